The summed E-state index contributed by atoms with van der Waals surface area (Å²) >= 11 is 0. The first-order valence-corrected chi connectivity index (χ1v) is 9.93. The van der Waals surface area contributed by atoms with Gasteiger partial charge in [-0.1, -0.05) is 0 Å². The van der Waals surface area contributed by atoms with Gasteiger partial charge in [0.1, 0.15) is 11.4 Å². The van der Waals surface area contributed by atoms with Gasteiger partial charge in [0, 0.05) is 31.0 Å². The van der Waals surface area contributed by atoms with Crippen molar-refractivity contribution in [2.75, 3.05) is 5.32 Å². The lowest BCUT2D eigenvalue weighted by Gasteiger charge is -2.19. The summed E-state index contributed by atoms with van der Waals surface area (Å²) in [5, 5.41) is 22.5. The quantitative estimate of drug-likeness (QED) is 0.359. The van der Waals surface area contributed by atoms with Gasteiger partial charge in [-0.05, 0) is 19.9 Å². The molecule has 0 aliphatic heterocycles. The molecule has 4 rings (SSSR count). The number of aromatic nitrogens is 7. The molecule has 0 spiro atoms. The molecule has 0 fully saturated rings. The van der Waals surface area contributed by atoms with Crippen molar-refractivity contribution in [3.05, 3.63) is 36.0 Å². The Morgan fingerprint density at radius 3 is 2.56 bits per heavy atom. The molecule has 0 amide bonds. The predicted octanol–water partition coefficient (Wildman–Crippen LogP) is 3.49. The van der Waals surface area contributed by atoms with E-state index >= 15 is 4.39 Å². The number of carbonyl (C=O) groups is 1. The van der Waals surface area contributed by atoms with Crippen LogP contribution in [0.25, 0.3) is 33.8 Å². The number of pyridine rings is 1. The lowest BCUT2D eigenvalue weighted by atomic mass is 10.0. The smallest absolute Gasteiger partial charge is 0.417 e. The van der Waals surface area contributed by atoms with E-state index in [1.807, 2.05) is 0 Å². The van der Waals surface area contributed by atoms with Crippen LogP contribution >= 0.6 is 0 Å². The second kappa shape index (κ2) is 8.35. The van der Waals surface area contributed by atoms with Crippen molar-refractivity contribution < 1.29 is 27.5 Å². The fraction of sp³-hybridized carbons (Fsp3) is 0.300. The van der Waals surface area contributed by atoms with Gasteiger partial charge < -0.3 is 10.4 Å². The molecular weight excluding hydrogens is 460 g/mol. The number of alkyl halides is 3. The van der Waals surface area contributed by atoms with E-state index in [2.05, 4.69) is 35.6 Å². The highest BCUT2D eigenvalue weighted by Gasteiger charge is 2.32. The van der Waals surface area contributed by atoms with Crippen molar-refractivity contribution in [3.8, 4) is 22.8 Å². The van der Waals surface area contributed by atoms with Crippen LogP contribution in [0.1, 0.15) is 19.4 Å². The summed E-state index contributed by atoms with van der Waals surface area (Å²) in [6, 6.07) is 0.103. The van der Waals surface area contributed by atoms with Gasteiger partial charge in [0.25, 0.3) is 0 Å². The maximum absolute atomic E-state index is 15.4. The third-order valence-electron chi connectivity index (χ3n) is 5.29. The molecule has 14 heteroatoms. The van der Waals surface area contributed by atoms with E-state index in [0.29, 0.717) is 6.20 Å². The second-order valence-corrected chi connectivity index (χ2v) is 7.71. The van der Waals surface area contributed by atoms with Gasteiger partial charge in [-0.15, -0.1) is 0 Å². The molecule has 178 valence electrons. The number of hydrogen-bond donors (Lipinski definition) is 3. The fourth-order valence-corrected chi connectivity index (χ4v) is 3.17. The summed E-state index contributed by atoms with van der Waals surface area (Å²) in [5.41, 5.74) is -0.937. The summed E-state index contributed by atoms with van der Waals surface area (Å²) in [6.07, 6.45) is -1.13. The molecule has 34 heavy (non-hydrogen) atoms. The minimum Gasteiger partial charge on any atom is -0.481 e. The summed E-state index contributed by atoms with van der Waals surface area (Å²) in [6.45, 7) is 2.97. The van der Waals surface area contributed by atoms with Crippen LogP contribution in [-0.4, -0.2) is 52.0 Å². The third kappa shape index (κ3) is 4.25. The molecule has 0 saturated carbocycles. The van der Waals surface area contributed by atoms with E-state index in [1.165, 1.54) is 30.9 Å². The van der Waals surface area contributed by atoms with Crippen molar-refractivity contribution in [3.63, 3.8) is 0 Å². The zero-order valence-corrected chi connectivity index (χ0v) is 18.0. The molecule has 0 aliphatic rings. The Labute approximate surface area is 189 Å². The summed E-state index contributed by atoms with van der Waals surface area (Å²) in [4.78, 5) is 23.4. The van der Waals surface area contributed by atoms with Crippen molar-refractivity contribution >= 4 is 22.8 Å². The lowest BCUT2D eigenvalue weighted by molar-refractivity contribution is -0.141. The highest BCUT2D eigenvalue weighted by molar-refractivity contribution is 5.89. The van der Waals surface area contributed by atoms with Crippen molar-refractivity contribution in [2.24, 2.45) is 13.0 Å². The molecule has 4 aromatic heterocycles. The SMILES string of the molecule is C[C@H](Nc1nc(-c2n[nH]c3ncc(C(F)(F)F)cc23)nc(-c2cnn(C)c2)c1F)[C@H](C)C(=O)O. The van der Waals surface area contributed by atoms with E-state index in [4.69, 9.17) is 0 Å². The number of nitrogens with zero attached hydrogens (tertiary/aromatic N) is 6. The van der Waals surface area contributed by atoms with Crippen molar-refractivity contribution in [2.45, 2.75) is 26.1 Å². The Hall–Kier alpha value is -4.10. The van der Waals surface area contributed by atoms with Crippen LogP contribution in [0.4, 0.5) is 23.4 Å². The van der Waals surface area contributed by atoms with Gasteiger partial charge in [-0.2, -0.15) is 23.4 Å². The van der Waals surface area contributed by atoms with E-state index < -0.39 is 35.5 Å². The number of nitrogens with one attached hydrogen (secondary N) is 2. The number of aryl methyl sites for hydroxylation is 1. The minimum atomic E-state index is -4.64. The number of aromatic amines is 1. The average Bonchev–Trinajstić information content (AvgIpc) is 3.39. The van der Waals surface area contributed by atoms with Crippen LogP contribution in [0, 0.1) is 11.7 Å². The van der Waals surface area contributed by atoms with Gasteiger partial charge in [0.2, 0.25) is 0 Å². The molecule has 0 aromatic carbocycles. The number of H-pyrrole nitrogens is 1. The minimum absolute atomic E-state index is 0.0172. The highest BCUT2D eigenvalue weighted by Crippen LogP contribution is 2.34. The molecule has 3 N–H and O–H groups in total. The number of anilines is 1. The first kappa shape index (κ1) is 23.1. The second-order valence-electron chi connectivity index (χ2n) is 7.71. The maximum atomic E-state index is 15.4. The lowest BCUT2D eigenvalue weighted by Crippen LogP contribution is -2.30. The zero-order chi connectivity index (χ0) is 24.8. The van der Waals surface area contributed by atoms with Crippen LogP contribution in [0.5, 0.6) is 0 Å². The van der Waals surface area contributed by atoms with Crippen LogP contribution in [0.2, 0.25) is 0 Å². The average molecular weight is 478 g/mol. The van der Waals surface area contributed by atoms with E-state index in [1.54, 1.807) is 7.05 Å². The Bertz CT molecular complexity index is 1380. The molecule has 10 nitrogen and oxygen atoms in total. The molecule has 0 unspecified atom stereocenters. The van der Waals surface area contributed by atoms with Crippen LogP contribution < -0.4 is 5.32 Å². The normalized spacial score (nSPS) is 13.7. The molecule has 2 atom stereocenters. The first-order valence-electron chi connectivity index (χ1n) is 9.93. The Kier molecular flexibility index (Phi) is 5.67. The number of halogens is 4. The Morgan fingerprint density at radius 2 is 1.94 bits per heavy atom. The molecule has 4 heterocycles. The summed E-state index contributed by atoms with van der Waals surface area (Å²) < 4.78 is 56.5. The first-order chi connectivity index (χ1) is 16.0. The number of rotatable bonds is 6. The van der Waals surface area contributed by atoms with Gasteiger partial charge in [0.05, 0.1) is 23.1 Å². The predicted molar refractivity (Wildman–Crippen MR) is 112 cm³/mol. The fourth-order valence-electron chi connectivity index (χ4n) is 3.17. The number of fused-ring (bicyclic) bond motifs is 1. The maximum Gasteiger partial charge on any atom is 0.417 e. The van der Waals surface area contributed by atoms with Crippen LogP contribution in [0.15, 0.2) is 24.7 Å². The zero-order valence-electron chi connectivity index (χ0n) is 18.0. The van der Waals surface area contributed by atoms with Crippen molar-refractivity contribution in [1.29, 1.82) is 0 Å². The molecule has 0 bridgehead atoms. The Morgan fingerprint density at radius 1 is 1.21 bits per heavy atom. The number of carboxylic acid groups (broad SMARTS) is 1. The topological polar surface area (TPSA) is 134 Å². The van der Waals surface area contributed by atoms with Crippen LogP contribution in [0.3, 0.4) is 0 Å². The molecule has 0 radical (unpaired) electrons. The number of hydrogen-bond acceptors (Lipinski definition) is 7. The Balaban J connectivity index is 1.90. The molecular formula is C20H18F4N8O2. The summed E-state index contributed by atoms with van der Waals surface area (Å²) in [5.74, 6) is -3.41. The summed E-state index contributed by atoms with van der Waals surface area (Å²) in [7, 11) is 1.62. The largest absolute Gasteiger partial charge is 0.481 e. The standard InChI is InChI=1S/C20H18F4N8O2/c1-8(19(33)34)9(2)27-17-13(21)14(10-5-26-32(3)7-10)28-18(29-17)15-12-4-11(20(22,23)24)6-25-16(12)31-30-15/h4-9H,1-3H3,(H,33,34)(H,25,30,31)(H,27,28,29)/t8-,9-/m0/s1. The van der Waals surface area contributed by atoms with E-state index in [-0.39, 0.29) is 39.6 Å². The third-order valence-corrected chi connectivity index (χ3v) is 5.29. The molecule has 0 aliphatic carbocycles. The molecule has 0 saturated heterocycles. The van der Waals surface area contributed by atoms with E-state index in [9.17, 15) is 23.1 Å². The highest BCUT2D eigenvalue weighted by atomic mass is 19.4. The van der Waals surface area contributed by atoms with Crippen molar-refractivity contribution in [1.82, 2.24) is 34.9 Å². The number of aliphatic carboxylic acids is 1. The van der Waals surface area contributed by atoms with Crippen LogP contribution in [-0.2, 0) is 18.0 Å². The van der Waals surface area contributed by atoms with E-state index in [0.717, 1.165) is 6.07 Å². The number of carboxylic acids is 1. The van der Waals surface area contributed by atoms with Gasteiger partial charge in [-0.25, -0.2) is 19.3 Å². The van der Waals surface area contributed by atoms with Gasteiger partial charge >= 0.3 is 12.1 Å². The van der Waals surface area contributed by atoms with Gasteiger partial charge in [0.15, 0.2) is 23.1 Å². The van der Waals surface area contributed by atoms with Gasteiger partial charge in [-0.3, -0.25) is 14.6 Å². The molecule has 4 aromatic rings. The monoisotopic (exact) mass is 478 g/mol.